The number of hydrogen-bond donors (Lipinski definition) is 1. The van der Waals surface area contributed by atoms with Crippen molar-refractivity contribution >= 4 is 0 Å². The van der Waals surface area contributed by atoms with Gasteiger partial charge in [-0.1, -0.05) is 19.9 Å². The third-order valence-electron chi connectivity index (χ3n) is 5.09. The predicted octanol–water partition coefficient (Wildman–Crippen LogP) is 3.27. The van der Waals surface area contributed by atoms with Gasteiger partial charge in [-0.05, 0) is 48.8 Å². The zero-order valence-corrected chi connectivity index (χ0v) is 13.1. The molecule has 21 heavy (non-hydrogen) atoms. The average Bonchev–Trinajstić information content (AvgIpc) is 3.26. The summed E-state index contributed by atoms with van der Waals surface area (Å²) >= 11 is 0. The zero-order chi connectivity index (χ0) is 14.5. The Labute approximate surface area is 127 Å². The maximum atomic E-state index is 5.77. The van der Waals surface area contributed by atoms with Crippen LogP contribution in [0, 0.1) is 5.41 Å². The van der Waals surface area contributed by atoms with Gasteiger partial charge in [0, 0.05) is 18.0 Å². The molecule has 3 nitrogen and oxygen atoms in total. The van der Waals surface area contributed by atoms with Crippen LogP contribution in [0.2, 0.25) is 0 Å². The number of rotatable bonds is 4. The first-order valence-corrected chi connectivity index (χ1v) is 8.20. The first kappa shape index (κ1) is 13.4. The summed E-state index contributed by atoms with van der Waals surface area (Å²) in [4.78, 5) is 0. The number of nitrogens with one attached hydrogen (secondary N) is 1. The Morgan fingerprint density at radius 1 is 1.10 bits per heavy atom. The molecule has 1 aliphatic heterocycles. The molecule has 0 saturated heterocycles. The quantitative estimate of drug-likeness (QED) is 0.922. The Balaban J connectivity index is 1.60. The van der Waals surface area contributed by atoms with Crippen LogP contribution in [0.25, 0.3) is 0 Å². The first-order chi connectivity index (χ1) is 10.1. The van der Waals surface area contributed by atoms with Crippen molar-refractivity contribution in [3.05, 3.63) is 23.8 Å². The molecule has 4 rings (SSSR count). The third-order valence-corrected chi connectivity index (χ3v) is 5.09. The predicted molar refractivity (Wildman–Crippen MR) is 83.1 cm³/mol. The summed E-state index contributed by atoms with van der Waals surface area (Å²) in [6, 6.07) is 7.33. The van der Waals surface area contributed by atoms with Gasteiger partial charge in [0.15, 0.2) is 11.5 Å². The molecule has 0 radical (unpaired) electrons. The first-order valence-electron chi connectivity index (χ1n) is 8.20. The normalized spacial score (nSPS) is 25.2. The summed E-state index contributed by atoms with van der Waals surface area (Å²) < 4.78 is 11.4. The molecule has 2 saturated carbocycles. The Morgan fingerprint density at radius 2 is 1.81 bits per heavy atom. The van der Waals surface area contributed by atoms with Crippen LogP contribution in [-0.4, -0.2) is 25.8 Å². The zero-order valence-electron chi connectivity index (χ0n) is 13.1. The van der Waals surface area contributed by atoms with Gasteiger partial charge in [-0.2, -0.15) is 0 Å². The van der Waals surface area contributed by atoms with Gasteiger partial charge in [-0.25, -0.2) is 0 Å². The molecule has 1 N–H and O–H groups in total. The second-order valence-corrected chi connectivity index (χ2v) is 7.81. The molecule has 2 fully saturated rings. The lowest BCUT2D eigenvalue weighted by Crippen LogP contribution is -2.52. The monoisotopic (exact) mass is 287 g/mol. The molecule has 0 amide bonds. The molecule has 3 aliphatic rings. The van der Waals surface area contributed by atoms with E-state index in [1.807, 2.05) is 0 Å². The van der Waals surface area contributed by atoms with Crippen molar-refractivity contribution < 1.29 is 9.47 Å². The van der Waals surface area contributed by atoms with Gasteiger partial charge >= 0.3 is 0 Å². The van der Waals surface area contributed by atoms with Gasteiger partial charge in [0.05, 0.1) is 0 Å². The van der Waals surface area contributed by atoms with Crippen molar-refractivity contribution in [2.24, 2.45) is 5.41 Å². The molecule has 1 aromatic rings. The fraction of sp³-hybridized carbons (Fsp3) is 0.667. The van der Waals surface area contributed by atoms with Crippen LogP contribution in [0.15, 0.2) is 18.2 Å². The van der Waals surface area contributed by atoms with Crippen LogP contribution in [0.5, 0.6) is 11.5 Å². The number of hydrogen-bond acceptors (Lipinski definition) is 3. The Kier molecular flexibility index (Phi) is 2.97. The second kappa shape index (κ2) is 4.64. The smallest absolute Gasteiger partial charge is 0.161 e. The summed E-state index contributed by atoms with van der Waals surface area (Å²) in [6.07, 6.45) is 5.19. The van der Waals surface area contributed by atoms with E-state index in [1.54, 1.807) is 0 Å². The minimum Gasteiger partial charge on any atom is -0.486 e. The van der Waals surface area contributed by atoms with E-state index in [4.69, 9.17) is 9.47 Å². The lowest BCUT2D eigenvalue weighted by molar-refractivity contribution is 0.0555. The fourth-order valence-corrected chi connectivity index (χ4v) is 4.21. The SMILES string of the molecule is CC1(C)CC(CNC2CC2)(c2ccc3c(c2)OCCO3)C1. The molecular formula is C18H25NO2. The van der Waals surface area contributed by atoms with Gasteiger partial charge < -0.3 is 14.8 Å². The van der Waals surface area contributed by atoms with E-state index < -0.39 is 0 Å². The van der Waals surface area contributed by atoms with E-state index in [2.05, 4.69) is 37.4 Å². The van der Waals surface area contributed by atoms with Gasteiger partial charge in [0.25, 0.3) is 0 Å². The molecule has 0 unspecified atom stereocenters. The van der Waals surface area contributed by atoms with Gasteiger partial charge in [-0.15, -0.1) is 0 Å². The van der Waals surface area contributed by atoms with Crippen LogP contribution in [0.4, 0.5) is 0 Å². The van der Waals surface area contributed by atoms with Crippen molar-refractivity contribution in [2.45, 2.75) is 51.0 Å². The summed E-state index contributed by atoms with van der Waals surface area (Å²) in [6.45, 7) is 7.17. The highest BCUT2D eigenvalue weighted by atomic mass is 16.6. The van der Waals surface area contributed by atoms with Crippen molar-refractivity contribution in [3.63, 3.8) is 0 Å². The van der Waals surface area contributed by atoms with E-state index in [-0.39, 0.29) is 5.41 Å². The van der Waals surface area contributed by atoms with Crippen LogP contribution < -0.4 is 14.8 Å². The van der Waals surface area contributed by atoms with Gasteiger partial charge in [0.2, 0.25) is 0 Å². The number of ether oxygens (including phenoxy) is 2. The molecule has 0 bridgehead atoms. The van der Waals surface area contributed by atoms with E-state index in [9.17, 15) is 0 Å². The Hall–Kier alpha value is -1.22. The maximum absolute atomic E-state index is 5.77. The Morgan fingerprint density at radius 3 is 2.48 bits per heavy atom. The van der Waals surface area contributed by atoms with Gasteiger partial charge in [-0.3, -0.25) is 0 Å². The molecule has 0 atom stereocenters. The highest BCUT2D eigenvalue weighted by Crippen LogP contribution is 2.56. The minimum atomic E-state index is 0.280. The average molecular weight is 287 g/mol. The number of benzene rings is 1. The summed E-state index contributed by atoms with van der Waals surface area (Å²) in [7, 11) is 0. The third kappa shape index (κ3) is 2.52. The standard InChI is InChI=1S/C18H25NO2/c1-17(2)10-18(11-17,12-19-14-4-5-14)13-3-6-15-16(9-13)21-8-7-20-15/h3,6,9,14,19H,4-5,7-8,10-12H2,1-2H3. The molecule has 1 heterocycles. The van der Waals surface area contributed by atoms with E-state index in [0.29, 0.717) is 18.6 Å². The van der Waals surface area contributed by atoms with E-state index in [0.717, 1.165) is 24.1 Å². The molecule has 0 aromatic heterocycles. The summed E-state index contributed by atoms with van der Waals surface area (Å²) in [5.41, 5.74) is 2.15. The topological polar surface area (TPSA) is 30.5 Å². The van der Waals surface area contributed by atoms with E-state index >= 15 is 0 Å². The van der Waals surface area contributed by atoms with Crippen LogP contribution in [-0.2, 0) is 5.41 Å². The number of fused-ring (bicyclic) bond motifs is 1. The summed E-state index contributed by atoms with van der Waals surface area (Å²) in [5, 5.41) is 3.74. The van der Waals surface area contributed by atoms with E-state index in [1.165, 1.54) is 31.2 Å². The van der Waals surface area contributed by atoms with Crippen LogP contribution >= 0.6 is 0 Å². The largest absolute Gasteiger partial charge is 0.486 e. The lowest BCUT2D eigenvalue weighted by atomic mass is 9.52. The molecule has 114 valence electrons. The van der Waals surface area contributed by atoms with Crippen LogP contribution in [0.1, 0.15) is 45.1 Å². The highest BCUT2D eigenvalue weighted by Gasteiger charge is 2.50. The van der Waals surface area contributed by atoms with Crippen LogP contribution in [0.3, 0.4) is 0 Å². The summed E-state index contributed by atoms with van der Waals surface area (Å²) in [5.74, 6) is 1.82. The maximum Gasteiger partial charge on any atom is 0.161 e. The van der Waals surface area contributed by atoms with Crippen molar-refractivity contribution in [2.75, 3.05) is 19.8 Å². The Bertz CT molecular complexity index is 540. The van der Waals surface area contributed by atoms with Crippen molar-refractivity contribution in [1.82, 2.24) is 5.32 Å². The molecular weight excluding hydrogens is 262 g/mol. The molecule has 0 spiro atoms. The van der Waals surface area contributed by atoms with Crippen molar-refractivity contribution in [1.29, 1.82) is 0 Å². The molecule has 2 aliphatic carbocycles. The van der Waals surface area contributed by atoms with Crippen molar-refractivity contribution in [3.8, 4) is 11.5 Å². The fourth-order valence-electron chi connectivity index (χ4n) is 4.21. The second-order valence-electron chi connectivity index (χ2n) is 7.81. The highest BCUT2D eigenvalue weighted by molar-refractivity contribution is 5.47. The lowest BCUT2D eigenvalue weighted by Gasteiger charge is -2.54. The van der Waals surface area contributed by atoms with Gasteiger partial charge in [0.1, 0.15) is 13.2 Å². The molecule has 3 heteroatoms. The molecule has 1 aromatic carbocycles. The minimum absolute atomic E-state index is 0.280.